The lowest BCUT2D eigenvalue weighted by molar-refractivity contribution is 0.473. The summed E-state index contributed by atoms with van der Waals surface area (Å²) in [6, 6.07) is 11.8. The van der Waals surface area contributed by atoms with Gasteiger partial charge in [-0.1, -0.05) is 26.0 Å². The maximum absolute atomic E-state index is 9.42. The van der Waals surface area contributed by atoms with Crippen LogP contribution < -0.4 is 0 Å². The molecule has 0 radical (unpaired) electrons. The van der Waals surface area contributed by atoms with Gasteiger partial charge >= 0.3 is 0 Å². The Balaban J connectivity index is 2.31. The lowest BCUT2D eigenvalue weighted by atomic mass is 9.78. The minimum atomic E-state index is 0.329. The zero-order chi connectivity index (χ0) is 13.7. The third kappa shape index (κ3) is 3.14. The Morgan fingerprint density at radius 2 is 1.32 bits per heavy atom. The molecule has 2 rings (SSSR count). The van der Waals surface area contributed by atoms with Gasteiger partial charge in [0.2, 0.25) is 0 Å². The predicted octanol–water partition coefficient (Wildman–Crippen LogP) is 4.47. The smallest absolute Gasteiger partial charge is 0.115 e. The summed E-state index contributed by atoms with van der Waals surface area (Å²) in [6.45, 7) is 4.45. The number of hydrogen-bond acceptors (Lipinski definition) is 2. The van der Waals surface area contributed by atoms with Gasteiger partial charge in [0, 0.05) is 12.4 Å². The van der Waals surface area contributed by atoms with Gasteiger partial charge < -0.3 is 5.11 Å². The Morgan fingerprint density at radius 1 is 0.842 bits per heavy atom. The molecule has 1 aromatic carbocycles. The van der Waals surface area contributed by atoms with Crippen LogP contribution in [0.4, 0.5) is 0 Å². The van der Waals surface area contributed by atoms with Crippen molar-refractivity contribution in [1.82, 2.24) is 4.98 Å². The topological polar surface area (TPSA) is 33.1 Å². The lowest BCUT2D eigenvalue weighted by Gasteiger charge is -2.26. The summed E-state index contributed by atoms with van der Waals surface area (Å²) in [5, 5.41) is 9.42. The first kappa shape index (κ1) is 13.6. The highest BCUT2D eigenvalue weighted by atomic mass is 16.3. The monoisotopic (exact) mass is 255 g/mol. The molecule has 2 atom stereocenters. The van der Waals surface area contributed by atoms with Crippen molar-refractivity contribution in [2.45, 2.75) is 38.5 Å². The number of phenols is 1. The van der Waals surface area contributed by atoms with Crippen molar-refractivity contribution in [3.05, 3.63) is 59.9 Å². The first-order valence-corrected chi connectivity index (χ1v) is 6.95. The molecule has 2 heteroatoms. The van der Waals surface area contributed by atoms with Crippen LogP contribution in [0.2, 0.25) is 0 Å². The molecular formula is C17H21NO. The highest BCUT2D eigenvalue weighted by Gasteiger charge is 2.21. The molecule has 0 aliphatic heterocycles. The minimum Gasteiger partial charge on any atom is -0.508 e. The third-order valence-corrected chi connectivity index (χ3v) is 3.82. The molecule has 1 heterocycles. The number of rotatable bonds is 5. The lowest BCUT2D eigenvalue weighted by Crippen LogP contribution is -2.10. The van der Waals surface area contributed by atoms with E-state index in [1.807, 2.05) is 24.5 Å². The summed E-state index contributed by atoms with van der Waals surface area (Å²) in [5.41, 5.74) is 2.64. The normalized spacial score (nSPS) is 14.0. The quantitative estimate of drug-likeness (QED) is 0.854. The van der Waals surface area contributed by atoms with Gasteiger partial charge in [0.25, 0.3) is 0 Å². The van der Waals surface area contributed by atoms with Gasteiger partial charge in [0.05, 0.1) is 0 Å². The Hall–Kier alpha value is -1.83. The highest BCUT2D eigenvalue weighted by Crippen LogP contribution is 2.37. The SMILES string of the molecule is CC[C@H](c1ccncc1)[C@H](CC)c1ccc(O)cc1. The second-order valence-corrected chi connectivity index (χ2v) is 4.90. The second-order valence-electron chi connectivity index (χ2n) is 4.90. The molecule has 0 aliphatic carbocycles. The van der Waals surface area contributed by atoms with Crippen molar-refractivity contribution < 1.29 is 5.11 Å². The van der Waals surface area contributed by atoms with E-state index >= 15 is 0 Å². The van der Waals surface area contributed by atoms with Crippen molar-refractivity contribution in [2.24, 2.45) is 0 Å². The van der Waals surface area contributed by atoms with Crippen molar-refractivity contribution in [1.29, 1.82) is 0 Å². The third-order valence-electron chi connectivity index (χ3n) is 3.82. The Morgan fingerprint density at radius 3 is 1.79 bits per heavy atom. The van der Waals surface area contributed by atoms with Gasteiger partial charge in [-0.2, -0.15) is 0 Å². The predicted molar refractivity (Wildman–Crippen MR) is 78.4 cm³/mol. The van der Waals surface area contributed by atoms with E-state index in [1.165, 1.54) is 11.1 Å². The molecule has 0 amide bonds. The maximum Gasteiger partial charge on any atom is 0.115 e. The Kier molecular flexibility index (Phi) is 4.56. The molecule has 2 aromatic rings. The second kappa shape index (κ2) is 6.37. The van der Waals surface area contributed by atoms with Crippen LogP contribution >= 0.6 is 0 Å². The molecule has 0 unspecified atom stereocenters. The molecule has 0 aliphatic rings. The van der Waals surface area contributed by atoms with Crippen LogP contribution in [-0.4, -0.2) is 10.1 Å². The van der Waals surface area contributed by atoms with E-state index < -0.39 is 0 Å². The van der Waals surface area contributed by atoms with E-state index in [4.69, 9.17) is 0 Å². The molecule has 1 N–H and O–H groups in total. The number of phenolic OH excluding ortho intramolecular Hbond substituents is 1. The summed E-state index contributed by atoms with van der Waals surface area (Å²) >= 11 is 0. The summed E-state index contributed by atoms with van der Waals surface area (Å²) in [7, 11) is 0. The number of pyridine rings is 1. The number of benzene rings is 1. The van der Waals surface area contributed by atoms with Gasteiger partial charge in [-0.3, -0.25) is 4.98 Å². The molecule has 0 saturated carbocycles. The zero-order valence-corrected chi connectivity index (χ0v) is 11.6. The van der Waals surface area contributed by atoms with Gasteiger partial charge in [-0.05, 0) is 60.1 Å². The van der Waals surface area contributed by atoms with Crippen LogP contribution in [0.3, 0.4) is 0 Å². The Bertz CT molecular complexity index is 492. The van der Waals surface area contributed by atoms with Crippen LogP contribution in [0.25, 0.3) is 0 Å². The molecule has 0 saturated heterocycles. The van der Waals surface area contributed by atoms with E-state index in [-0.39, 0.29) is 0 Å². The number of nitrogens with zero attached hydrogens (tertiary/aromatic N) is 1. The maximum atomic E-state index is 9.42. The minimum absolute atomic E-state index is 0.329. The summed E-state index contributed by atoms with van der Waals surface area (Å²) in [4.78, 5) is 4.10. The van der Waals surface area contributed by atoms with Crippen LogP contribution in [0.15, 0.2) is 48.8 Å². The molecule has 0 spiro atoms. The van der Waals surface area contributed by atoms with E-state index in [2.05, 4.69) is 31.0 Å². The van der Waals surface area contributed by atoms with Crippen molar-refractivity contribution in [3.63, 3.8) is 0 Å². The summed E-state index contributed by atoms with van der Waals surface area (Å²) in [5.74, 6) is 1.31. The molecule has 100 valence electrons. The van der Waals surface area contributed by atoms with Gasteiger partial charge in [0.1, 0.15) is 5.75 Å². The van der Waals surface area contributed by atoms with E-state index in [0.29, 0.717) is 17.6 Å². The average molecular weight is 255 g/mol. The standard InChI is InChI=1S/C17H21NO/c1-3-16(13-5-7-15(19)8-6-13)17(4-2)14-9-11-18-12-10-14/h5-12,16-17,19H,3-4H2,1-2H3/t16-,17-/m1/s1. The molecule has 2 nitrogen and oxygen atoms in total. The van der Waals surface area contributed by atoms with Crippen molar-refractivity contribution >= 4 is 0 Å². The van der Waals surface area contributed by atoms with Crippen LogP contribution in [-0.2, 0) is 0 Å². The van der Waals surface area contributed by atoms with E-state index in [0.717, 1.165) is 12.8 Å². The van der Waals surface area contributed by atoms with Gasteiger partial charge in [-0.25, -0.2) is 0 Å². The highest BCUT2D eigenvalue weighted by molar-refractivity contribution is 5.31. The van der Waals surface area contributed by atoms with E-state index in [1.54, 1.807) is 12.1 Å². The van der Waals surface area contributed by atoms with Crippen LogP contribution in [0.1, 0.15) is 49.7 Å². The van der Waals surface area contributed by atoms with Gasteiger partial charge in [0.15, 0.2) is 0 Å². The largest absolute Gasteiger partial charge is 0.508 e. The molecule has 1 aromatic heterocycles. The average Bonchev–Trinajstić information content (AvgIpc) is 2.47. The van der Waals surface area contributed by atoms with Crippen LogP contribution in [0.5, 0.6) is 5.75 Å². The first-order valence-electron chi connectivity index (χ1n) is 6.95. The molecule has 0 fully saturated rings. The Labute approximate surface area is 115 Å². The molecular weight excluding hydrogens is 234 g/mol. The zero-order valence-electron chi connectivity index (χ0n) is 11.6. The summed E-state index contributed by atoms with van der Waals surface area (Å²) in [6.07, 6.45) is 5.91. The van der Waals surface area contributed by atoms with Crippen molar-refractivity contribution in [3.8, 4) is 5.75 Å². The fourth-order valence-electron chi connectivity index (χ4n) is 2.84. The molecule has 19 heavy (non-hydrogen) atoms. The first-order chi connectivity index (χ1) is 9.26. The molecule has 0 bridgehead atoms. The van der Waals surface area contributed by atoms with Gasteiger partial charge in [-0.15, -0.1) is 0 Å². The fourth-order valence-corrected chi connectivity index (χ4v) is 2.84. The number of aromatic hydroxyl groups is 1. The van der Waals surface area contributed by atoms with Crippen LogP contribution in [0, 0.1) is 0 Å². The fraction of sp³-hybridized carbons (Fsp3) is 0.353. The summed E-state index contributed by atoms with van der Waals surface area (Å²) < 4.78 is 0. The number of hydrogen-bond donors (Lipinski definition) is 1. The number of aromatic nitrogens is 1. The van der Waals surface area contributed by atoms with E-state index in [9.17, 15) is 5.11 Å². The van der Waals surface area contributed by atoms with Crippen molar-refractivity contribution in [2.75, 3.05) is 0 Å².